The molecular weight excluding hydrogens is 356 g/mol. The zero-order valence-electron chi connectivity index (χ0n) is 15.8. The summed E-state index contributed by atoms with van der Waals surface area (Å²) in [5.74, 6) is 0.0199. The van der Waals surface area contributed by atoms with E-state index in [2.05, 4.69) is 20.1 Å². The molecule has 2 aliphatic rings. The summed E-state index contributed by atoms with van der Waals surface area (Å²) >= 11 is 0. The van der Waals surface area contributed by atoms with Crippen molar-refractivity contribution in [1.29, 1.82) is 0 Å². The van der Waals surface area contributed by atoms with Crippen LogP contribution >= 0.6 is 0 Å². The highest BCUT2D eigenvalue weighted by Gasteiger charge is 2.38. The van der Waals surface area contributed by atoms with Crippen molar-refractivity contribution in [3.05, 3.63) is 51.9 Å². The van der Waals surface area contributed by atoms with Crippen molar-refractivity contribution in [2.45, 2.75) is 50.0 Å². The molecule has 7 heteroatoms. The van der Waals surface area contributed by atoms with Gasteiger partial charge in [0.15, 0.2) is 0 Å². The van der Waals surface area contributed by atoms with Crippen LogP contribution < -0.4 is 5.32 Å². The lowest BCUT2D eigenvalue weighted by Crippen LogP contribution is -2.43. The Bertz CT molecular complexity index is 904. The van der Waals surface area contributed by atoms with Crippen LogP contribution in [0.2, 0.25) is 0 Å². The topological polar surface area (TPSA) is 88.4 Å². The van der Waals surface area contributed by atoms with Crippen LogP contribution in [-0.2, 0) is 16.0 Å². The molecule has 2 aromatic rings. The molecule has 2 N–H and O–H groups in total. The number of methoxy groups -OCH3 is 1. The number of nitrogens with one attached hydrogen (secondary N) is 2. The zero-order valence-corrected chi connectivity index (χ0v) is 15.8. The molecule has 0 bridgehead atoms. The van der Waals surface area contributed by atoms with Gasteiger partial charge in [-0.3, -0.25) is 4.79 Å². The summed E-state index contributed by atoms with van der Waals surface area (Å²) < 4.78 is 4.86. The largest absolute Gasteiger partial charge is 0.467 e. The van der Waals surface area contributed by atoms with Crippen LogP contribution in [0.4, 0.5) is 5.69 Å². The Hall–Kier alpha value is -3.14. The number of amides is 1. The van der Waals surface area contributed by atoms with Gasteiger partial charge in [0.1, 0.15) is 6.04 Å². The van der Waals surface area contributed by atoms with Gasteiger partial charge in [0.05, 0.1) is 13.4 Å². The van der Waals surface area contributed by atoms with Gasteiger partial charge in [-0.05, 0) is 54.5 Å². The fourth-order valence-corrected chi connectivity index (χ4v) is 3.56. The average molecular weight is 379 g/mol. The van der Waals surface area contributed by atoms with Gasteiger partial charge in [0.2, 0.25) is 0 Å². The zero-order chi connectivity index (χ0) is 19.7. The fourth-order valence-electron chi connectivity index (χ4n) is 3.56. The van der Waals surface area contributed by atoms with Crippen LogP contribution in [0, 0.1) is 6.57 Å². The van der Waals surface area contributed by atoms with Crippen LogP contribution in [0.3, 0.4) is 0 Å². The third kappa shape index (κ3) is 3.77. The number of esters is 1. The molecule has 0 aliphatic heterocycles. The fraction of sp³-hybridized carbons (Fsp3) is 0.429. The summed E-state index contributed by atoms with van der Waals surface area (Å²) in [5, 5.41) is 2.81. The first kappa shape index (κ1) is 18.2. The normalized spacial score (nSPS) is 16.9. The third-order valence-corrected chi connectivity index (χ3v) is 5.36. The summed E-state index contributed by atoms with van der Waals surface area (Å²) in [6.07, 6.45) is 7.77. The average Bonchev–Trinajstić information content (AvgIpc) is 3.64. The lowest BCUT2D eigenvalue weighted by Gasteiger charge is -2.16. The standard InChI is InChI=1S/C21H22N4O3/c1-22-19-16(12-3-4-12)7-14(8-17(19)13-5-6-13)20(26)25-18(21(27)28-2)9-15-10-23-11-24-15/h1,7-8,10-13,18H,3-6,9H2,2H3,(H-,23,24,25,26)/p+1/t18-/m1/s1. The lowest BCUT2D eigenvalue weighted by atomic mass is 9.96. The van der Waals surface area contributed by atoms with Gasteiger partial charge in [0, 0.05) is 35.0 Å². The van der Waals surface area contributed by atoms with Crippen molar-refractivity contribution in [2.75, 3.05) is 7.11 Å². The number of nitrogens with zero attached hydrogens (tertiary/aromatic N) is 2. The second kappa shape index (κ2) is 7.47. The van der Waals surface area contributed by atoms with Gasteiger partial charge >= 0.3 is 11.7 Å². The van der Waals surface area contributed by atoms with E-state index in [1.165, 1.54) is 13.4 Å². The molecule has 28 heavy (non-hydrogen) atoms. The van der Waals surface area contributed by atoms with Crippen LogP contribution in [0.1, 0.15) is 64.7 Å². The molecule has 2 fully saturated rings. The van der Waals surface area contributed by atoms with Gasteiger partial charge in [-0.15, -0.1) is 0 Å². The number of rotatable bonds is 7. The maximum absolute atomic E-state index is 13.0. The number of hydrogen-bond donors (Lipinski definition) is 2. The number of aromatic nitrogens is 2. The molecule has 4 rings (SSSR count). The number of H-pyrrole nitrogens is 1. The van der Waals surface area contributed by atoms with E-state index in [9.17, 15) is 9.59 Å². The Balaban J connectivity index is 1.61. The van der Waals surface area contributed by atoms with E-state index in [0.717, 1.165) is 48.2 Å². The third-order valence-electron chi connectivity index (χ3n) is 5.36. The van der Waals surface area contributed by atoms with Crippen molar-refractivity contribution in [3.63, 3.8) is 0 Å². The second-order valence-electron chi connectivity index (χ2n) is 7.51. The molecule has 0 radical (unpaired) electrons. The van der Waals surface area contributed by atoms with E-state index in [1.807, 2.05) is 12.1 Å². The van der Waals surface area contributed by atoms with E-state index in [0.29, 0.717) is 17.4 Å². The van der Waals surface area contributed by atoms with E-state index in [-0.39, 0.29) is 12.3 Å². The molecule has 1 aromatic carbocycles. The highest BCUT2D eigenvalue weighted by Crippen LogP contribution is 2.51. The van der Waals surface area contributed by atoms with Crippen molar-refractivity contribution in [1.82, 2.24) is 15.3 Å². The molecule has 0 unspecified atom stereocenters. The Morgan fingerprint density at radius 2 is 1.93 bits per heavy atom. The van der Waals surface area contributed by atoms with Gasteiger partial charge in [-0.2, -0.15) is 0 Å². The molecule has 0 spiro atoms. The van der Waals surface area contributed by atoms with Crippen LogP contribution in [0.5, 0.6) is 0 Å². The molecule has 1 heterocycles. The number of hydrogen-bond acceptors (Lipinski definition) is 4. The smallest absolute Gasteiger partial charge is 0.346 e. The number of carbonyl (C=O) groups excluding carboxylic acids is 2. The first-order chi connectivity index (χ1) is 13.6. The first-order valence-corrected chi connectivity index (χ1v) is 9.55. The number of aromatic amines is 1. The van der Waals surface area contributed by atoms with Gasteiger partial charge in [-0.1, -0.05) is 0 Å². The number of imidazole rings is 1. The Kier molecular flexibility index (Phi) is 4.86. The predicted octanol–water partition coefficient (Wildman–Crippen LogP) is 3.27. The quantitative estimate of drug-likeness (QED) is 0.723. The van der Waals surface area contributed by atoms with E-state index < -0.39 is 12.0 Å². The summed E-state index contributed by atoms with van der Waals surface area (Å²) in [4.78, 5) is 36.1. The SMILES string of the molecule is C#[N+]c1c(C2CC2)cc(C(=O)N[C@H](Cc2cnc[nH]2)C(=O)OC)cc1C1CC1. The minimum absolute atomic E-state index is 0.277. The highest BCUT2D eigenvalue weighted by atomic mass is 16.5. The summed E-state index contributed by atoms with van der Waals surface area (Å²) in [6.45, 7) is 5.68. The summed E-state index contributed by atoms with van der Waals surface area (Å²) in [5.41, 5.74) is 4.20. The van der Waals surface area contributed by atoms with Crippen LogP contribution in [-0.4, -0.2) is 35.0 Å². The monoisotopic (exact) mass is 379 g/mol. The molecule has 144 valence electrons. The van der Waals surface area contributed by atoms with Crippen LogP contribution in [0.25, 0.3) is 4.85 Å². The maximum Gasteiger partial charge on any atom is 0.346 e. The molecule has 7 nitrogen and oxygen atoms in total. The minimum Gasteiger partial charge on any atom is -0.467 e. The van der Waals surface area contributed by atoms with Crippen molar-refractivity contribution in [2.24, 2.45) is 0 Å². The number of ether oxygens (including phenoxy) is 1. The van der Waals surface area contributed by atoms with Crippen LogP contribution in [0.15, 0.2) is 24.7 Å². The van der Waals surface area contributed by atoms with Crippen molar-refractivity contribution >= 4 is 17.6 Å². The van der Waals surface area contributed by atoms with E-state index in [1.54, 1.807) is 6.20 Å². The summed E-state index contributed by atoms with van der Waals surface area (Å²) in [7, 11) is 1.31. The first-order valence-electron chi connectivity index (χ1n) is 9.55. The molecule has 2 saturated carbocycles. The van der Waals surface area contributed by atoms with Crippen molar-refractivity contribution < 1.29 is 14.3 Å². The minimum atomic E-state index is -0.800. The van der Waals surface area contributed by atoms with Crippen molar-refractivity contribution in [3.8, 4) is 6.57 Å². The van der Waals surface area contributed by atoms with E-state index in [4.69, 9.17) is 11.3 Å². The van der Waals surface area contributed by atoms with Gasteiger partial charge in [0.25, 0.3) is 12.5 Å². The Morgan fingerprint density at radius 1 is 1.29 bits per heavy atom. The van der Waals surface area contributed by atoms with Gasteiger partial charge < -0.3 is 15.0 Å². The molecule has 2 aliphatic carbocycles. The second-order valence-corrected chi connectivity index (χ2v) is 7.51. The predicted molar refractivity (Wildman–Crippen MR) is 104 cm³/mol. The Labute approximate surface area is 163 Å². The summed E-state index contributed by atoms with van der Waals surface area (Å²) in [6, 6.07) is 2.94. The Morgan fingerprint density at radius 3 is 2.39 bits per heavy atom. The van der Waals surface area contributed by atoms with E-state index >= 15 is 0 Å². The highest BCUT2D eigenvalue weighted by molar-refractivity contribution is 5.98. The van der Waals surface area contributed by atoms with Gasteiger partial charge in [-0.25, -0.2) is 9.78 Å². The molecule has 1 atom stereocenters. The molecular formula is C21H23N4O3+. The molecule has 0 saturated heterocycles. The molecule has 1 aromatic heterocycles. The number of carbonyl (C=O) groups is 2. The lowest BCUT2D eigenvalue weighted by molar-refractivity contribution is -0.142. The number of benzene rings is 1. The maximum atomic E-state index is 13.0. The molecule has 1 amide bonds.